The van der Waals surface area contributed by atoms with Gasteiger partial charge in [0.25, 0.3) is 0 Å². The maximum atomic E-state index is 13.0. The van der Waals surface area contributed by atoms with E-state index in [0.717, 1.165) is 18.2 Å². The van der Waals surface area contributed by atoms with Crippen LogP contribution in [0.5, 0.6) is 5.75 Å². The van der Waals surface area contributed by atoms with Crippen LogP contribution in [0, 0.1) is 11.6 Å². The number of pyridine rings is 1. The van der Waals surface area contributed by atoms with Crippen LogP contribution in [0.25, 0.3) is 0 Å². The number of carbonyl (C=O) groups excluding carboxylic acids is 1. The first-order valence-electron chi connectivity index (χ1n) is 5.93. The predicted molar refractivity (Wildman–Crippen MR) is 70.3 cm³/mol. The van der Waals surface area contributed by atoms with Crippen LogP contribution in [0.1, 0.15) is 11.7 Å². The summed E-state index contributed by atoms with van der Waals surface area (Å²) in [5.74, 6) is -3.32. The Bertz CT molecular complexity index is 674. The van der Waals surface area contributed by atoms with Gasteiger partial charge in [0, 0.05) is 24.0 Å². The van der Waals surface area contributed by atoms with Gasteiger partial charge in [0.15, 0.2) is 11.6 Å². The highest BCUT2D eigenvalue weighted by atomic mass is 19.2. The molecule has 108 valence electrons. The maximum absolute atomic E-state index is 13.0. The first kappa shape index (κ1) is 14.8. The summed E-state index contributed by atoms with van der Waals surface area (Å²) in [6, 6.07) is 5.81. The summed E-state index contributed by atoms with van der Waals surface area (Å²) in [5, 5.41) is 9.96. The summed E-state index contributed by atoms with van der Waals surface area (Å²) in [6.07, 6.45) is 1.59. The molecule has 2 aromatic rings. The second-order valence-corrected chi connectivity index (χ2v) is 4.18. The molecule has 0 saturated heterocycles. The monoisotopic (exact) mass is 291 g/mol. The summed E-state index contributed by atoms with van der Waals surface area (Å²) in [6.45, 7) is 3.45. The quantitative estimate of drug-likeness (QED) is 0.534. The summed E-state index contributed by atoms with van der Waals surface area (Å²) in [5.41, 5.74) is 0.123. The SMILES string of the molecule is C=C(C(=O)Oc1ccc(F)c(F)c1)C(O)c1cccnc1. The number of carbonyl (C=O) groups is 1. The van der Waals surface area contributed by atoms with Crippen molar-refractivity contribution in [1.82, 2.24) is 4.98 Å². The number of esters is 1. The van der Waals surface area contributed by atoms with Gasteiger partial charge in [0.1, 0.15) is 11.9 Å². The lowest BCUT2D eigenvalue weighted by Crippen LogP contribution is -2.16. The van der Waals surface area contributed by atoms with Gasteiger partial charge in [-0.1, -0.05) is 12.6 Å². The van der Waals surface area contributed by atoms with E-state index in [9.17, 15) is 18.7 Å². The number of aliphatic hydroxyl groups is 1. The topological polar surface area (TPSA) is 59.4 Å². The molecule has 0 aliphatic heterocycles. The van der Waals surface area contributed by atoms with E-state index in [1.165, 1.54) is 12.4 Å². The van der Waals surface area contributed by atoms with Crippen LogP contribution < -0.4 is 4.74 Å². The fourth-order valence-electron chi connectivity index (χ4n) is 1.56. The number of nitrogens with zero attached hydrogens (tertiary/aromatic N) is 1. The standard InChI is InChI=1S/C15H11F2NO3/c1-9(14(19)10-3-2-6-18-8-10)15(20)21-11-4-5-12(16)13(17)7-11/h2-8,14,19H,1H2. The van der Waals surface area contributed by atoms with E-state index in [4.69, 9.17) is 4.74 Å². The number of hydrogen-bond acceptors (Lipinski definition) is 4. The van der Waals surface area contributed by atoms with Gasteiger partial charge in [0.05, 0.1) is 5.57 Å². The van der Waals surface area contributed by atoms with Crippen LogP contribution in [-0.4, -0.2) is 16.1 Å². The van der Waals surface area contributed by atoms with Crippen LogP contribution >= 0.6 is 0 Å². The van der Waals surface area contributed by atoms with Crippen molar-refractivity contribution < 1.29 is 23.4 Å². The molecule has 0 aliphatic rings. The molecule has 0 saturated carbocycles. The Labute approximate surface area is 119 Å². The average Bonchev–Trinajstić information content (AvgIpc) is 2.50. The third-order valence-corrected chi connectivity index (χ3v) is 2.69. The number of ether oxygens (including phenoxy) is 1. The number of hydrogen-bond donors (Lipinski definition) is 1. The minimum Gasteiger partial charge on any atom is -0.423 e. The van der Waals surface area contributed by atoms with Crippen molar-refractivity contribution >= 4 is 5.97 Å². The number of rotatable bonds is 4. The summed E-state index contributed by atoms with van der Waals surface area (Å²) in [4.78, 5) is 15.6. The van der Waals surface area contributed by atoms with E-state index in [2.05, 4.69) is 11.6 Å². The maximum Gasteiger partial charge on any atom is 0.341 e. The Morgan fingerprint density at radius 2 is 2.05 bits per heavy atom. The van der Waals surface area contributed by atoms with Crippen LogP contribution in [0.2, 0.25) is 0 Å². The highest BCUT2D eigenvalue weighted by Crippen LogP contribution is 2.22. The highest BCUT2D eigenvalue weighted by Gasteiger charge is 2.20. The molecule has 0 spiro atoms. The van der Waals surface area contributed by atoms with Gasteiger partial charge in [-0.2, -0.15) is 0 Å². The molecule has 0 radical (unpaired) electrons. The van der Waals surface area contributed by atoms with Crippen molar-refractivity contribution in [2.75, 3.05) is 0 Å². The Kier molecular flexibility index (Phi) is 4.39. The van der Waals surface area contributed by atoms with Crippen LogP contribution in [0.3, 0.4) is 0 Å². The van der Waals surface area contributed by atoms with E-state index < -0.39 is 23.7 Å². The van der Waals surface area contributed by atoms with Gasteiger partial charge in [-0.3, -0.25) is 4.98 Å². The van der Waals surface area contributed by atoms with Crippen molar-refractivity contribution in [3.05, 3.63) is 72.1 Å². The third kappa shape index (κ3) is 3.49. The Balaban J connectivity index is 2.09. The molecule has 0 bridgehead atoms. The zero-order valence-corrected chi connectivity index (χ0v) is 10.8. The van der Waals surface area contributed by atoms with Crippen molar-refractivity contribution in [3.8, 4) is 5.75 Å². The molecule has 1 heterocycles. The Morgan fingerprint density at radius 1 is 1.29 bits per heavy atom. The van der Waals surface area contributed by atoms with Gasteiger partial charge in [0.2, 0.25) is 0 Å². The molecule has 1 N–H and O–H groups in total. The predicted octanol–water partition coefficient (Wildman–Crippen LogP) is 2.55. The van der Waals surface area contributed by atoms with Crippen molar-refractivity contribution in [2.45, 2.75) is 6.10 Å². The molecule has 4 nitrogen and oxygen atoms in total. The fourth-order valence-corrected chi connectivity index (χ4v) is 1.56. The number of aliphatic hydroxyl groups excluding tert-OH is 1. The second kappa shape index (κ2) is 6.23. The van der Waals surface area contributed by atoms with E-state index >= 15 is 0 Å². The lowest BCUT2D eigenvalue weighted by Gasteiger charge is -2.13. The minimum absolute atomic E-state index is 0.182. The zero-order chi connectivity index (χ0) is 15.4. The van der Waals surface area contributed by atoms with E-state index in [1.807, 2.05) is 0 Å². The zero-order valence-electron chi connectivity index (χ0n) is 10.8. The average molecular weight is 291 g/mol. The molecule has 1 aromatic carbocycles. The van der Waals surface area contributed by atoms with Gasteiger partial charge in [-0.05, 0) is 18.2 Å². The van der Waals surface area contributed by atoms with Gasteiger partial charge >= 0.3 is 5.97 Å². The van der Waals surface area contributed by atoms with Crippen LogP contribution in [0.15, 0.2) is 54.9 Å². The molecular weight excluding hydrogens is 280 g/mol. The normalized spacial score (nSPS) is 11.8. The second-order valence-electron chi connectivity index (χ2n) is 4.18. The molecule has 1 aromatic heterocycles. The molecule has 0 amide bonds. The Morgan fingerprint density at radius 3 is 2.67 bits per heavy atom. The number of benzene rings is 1. The summed E-state index contributed by atoms with van der Waals surface area (Å²) >= 11 is 0. The van der Waals surface area contributed by atoms with E-state index in [1.54, 1.807) is 12.1 Å². The molecule has 21 heavy (non-hydrogen) atoms. The largest absolute Gasteiger partial charge is 0.423 e. The van der Waals surface area contributed by atoms with Crippen LogP contribution in [0.4, 0.5) is 8.78 Å². The summed E-state index contributed by atoms with van der Waals surface area (Å²) in [7, 11) is 0. The molecule has 0 fully saturated rings. The third-order valence-electron chi connectivity index (χ3n) is 2.69. The first-order valence-corrected chi connectivity index (χ1v) is 5.93. The molecular formula is C15H11F2NO3. The van der Waals surface area contributed by atoms with Gasteiger partial charge in [-0.25, -0.2) is 13.6 Å². The summed E-state index contributed by atoms with van der Waals surface area (Å²) < 4.78 is 30.6. The lowest BCUT2D eigenvalue weighted by molar-refractivity contribution is -0.131. The smallest absolute Gasteiger partial charge is 0.341 e. The minimum atomic E-state index is -1.29. The molecule has 2 rings (SSSR count). The lowest BCUT2D eigenvalue weighted by atomic mass is 10.1. The molecule has 6 heteroatoms. The fraction of sp³-hybridized carbons (Fsp3) is 0.0667. The van der Waals surface area contributed by atoms with Gasteiger partial charge in [-0.15, -0.1) is 0 Å². The van der Waals surface area contributed by atoms with E-state index in [-0.39, 0.29) is 11.3 Å². The van der Waals surface area contributed by atoms with Crippen molar-refractivity contribution in [2.24, 2.45) is 0 Å². The number of halogens is 2. The number of aromatic nitrogens is 1. The van der Waals surface area contributed by atoms with Crippen LogP contribution in [-0.2, 0) is 4.79 Å². The van der Waals surface area contributed by atoms with Gasteiger partial charge < -0.3 is 9.84 Å². The Hall–Kier alpha value is -2.60. The first-order chi connectivity index (χ1) is 9.99. The molecule has 1 unspecified atom stereocenters. The van der Waals surface area contributed by atoms with E-state index in [0.29, 0.717) is 5.56 Å². The highest BCUT2D eigenvalue weighted by molar-refractivity contribution is 5.90. The van der Waals surface area contributed by atoms with Crippen molar-refractivity contribution in [3.63, 3.8) is 0 Å². The molecule has 1 atom stereocenters. The van der Waals surface area contributed by atoms with Crippen molar-refractivity contribution in [1.29, 1.82) is 0 Å². The molecule has 0 aliphatic carbocycles.